The van der Waals surface area contributed by atoms with E-state index in [2.05, 4.69) is 93.9 Å². The highest BCUT2D eigenvalue weighted by Crippen LogP contribution is 2.63. The van der Waals surface area contributed by atoms with Gasteiger partial charge in [-0.05, 0) is 97.7 Å². The van der Waals surface area contributed by atoms with Gasteiger partial charge in [-0.15, -0.1) is 0 Å². The van der Waals surface area contributed by atoms with Crippen LogP contribution in [-0.2, 0) is 11.0 Å². The maximum atomic E-state index is 5.40. The maximum absolute atomic E-state index is 5.40. The fourth-order valence-electron chi connectivity index (χ4n) is 11.3. The lowest BCUT2D eigenvalue weighted by atomic mass is 9.55. The van der Waals surface area contributed by atoms with Gasteiger partial charge in [-0.1, -0.05) is 88.3 Å². The number of nitrogens with zero attached hydrogens (tertiary/aromatic N) is 2. The van der Waals surface area contributed by atoms with Crippen molar-refractivity contribution in [2.75, 3.05) is 0 Å². The first kappa shape index (κ1) is 27.1. The van der Waals surface area contributed by atoms with Gasteiger partial charge in [-0.2, -0.15) is 4.57 Å². The third-order valence-electron chi connectivity index (χ3n) is 12.7. The van der Waals surface area contributed by atoms with E-state index in [1.54, 1.807) is 22.3 Å². The van der Waals surface area contributed by atoms with Crippen molar-refractivity contribution < 1.29 is 4.57 Å². The van der Waals surface area contributed by atoms with Crippen molar-refractivity contribution in [3.8, 4) is 11.3 Å². The summed E-state index contributed by atoms with van der Waals surface area (Å²) in [4.78, 5) is 5.40. The van der Waals surface area contributed by atoms with Crippen molar-refractivity contribution in [1.29, 1.82) is 0 Å². The first-order chi connectivity index (χ1) is 21.3. The minimum Gasteiger partial charge on any atom is -0.256 e. The SMILES string of the molecule is CC1=CC(C)=C(C2CCCCC2)C2(c3cc4ccccc4c4c3-c3c5c(nc(C)cc5cc[n+]32)C4(C)C)C1C1CCCCC1. The molecule has 2 aromatic carbocycles. The molecule has 1 spiro atoms. The zero-order valence-electron chi connectivity index (χ0n) is 27.4. The topological polar surface area (TPSA) is 16.8 Å². The average Bonchev–Trinajstić information content (AvgIpc) is 3.29. The summed E-state index contributed by atoms with van der Waals surface area (Å²) in [5, 5.41) is 5.55. The summed E-state index contributed by atoms with van der Waals surface area (Å²) in [7, 11) is 0. The number of allylic oxidation sites excluding steroid dienone is 4. The van der Waals surface area contributed by atoms with Crippen LogP contribution in [0.25, 0.3) is 32.8 Å². The van der Waals surface area contributed by atoms with Gasteiger partial charge in [0.1, 0.15) is 0 Å². The monoisotopic (exact) mass is 579 g/mol. The van der Waals surface area contributed by atoms with Gasteiger partial charge in [-0.25, -0.2) is 0 Å². The zero-order chi connectivity index (χ0) is 30.0. The Morgan fingerprint density at radius 3 is 2.32 bits per heavy atom. The molecule has 0 amide bonds. The molecule has 1 aliphatic heterocycles. The standard InChI is InChI=1S/C42H47N2/c1-25-22-26(2)37(29-16-10-7-11-17-29)42(36(25)28-14-8-6-9-15-28)33-24-30-18-12-13-19-32(30)38-35(33)39-34-31(20-21-44(39)42)23-27(3)43-40(34)41(38,4)5/h12-13,18-24,28-29,36H,6-11,14-17H2,1-5H3/q+1. The maximum Gasteiger partial charge on any atom is 0.224 e. The Hall–Kier alpha value is -3.26. The molecule has 2 heteroatoms. The van der Waals surface area contributed by atoms with Crippen molar-refractivity contribution in [2.45, 2.75) is 110 Å². The van der Waals surface area contributed by atoms with Crippen LogP contribution in [0.3, 0.4) is 0 Å². The summed E-state index contributed by atoms with van der Waals surface area (Å²) in [5.41, 5.74) is 13.0. The van der Waals surface area contributed by atoms with Crippen molar-refractivity contribution in [3.05, 3.63) is 94.0 Å². The van der Waals surface area contributed by atoms with Crippen LogP contribution in [0.1, 0.15) is 114 Å². The van der Waals surface area contributed by atoms with Gasteiger partial charge in [0, 0.05) is 28.3 Å². The van der Waals surface area contributed by atoms with Crippen molar-refractivity contribution in [2.24, 2.45) is 17.8 Å². The van der Waals surface area contributed by atoms with Crippen LogP contribution in [0, 0.1) is 24.7 Å². The third kappa shape index (κ3) is 3.33. The van der Waals surface area contributed by atoms with Crippen LogP contribution in [0.15, 0.2) is 71.5 Å². The van der Waals surface area contributed by atoms with E-state index < -0.39 is 0 Å². The highest BCUT2D eigenvalue weighted by molar-refractivity contribution is 6.06. The highest BCUT2D eigenvalue weighted by atomic mass is 15.1. The Bertz CT molecular complexity index is 1940. The van der Waals surface area contributed by atoms with Gasteiger partial charge in [0.15, 0.2) is 6.20 Å². The number of rotatable bonds is 2. The number of fused-ring (bicyclic) bond motifs is 4. The van der Waals surface area contributed by atoms with Gasteiger partial charge < -0.3 is 0 Å². The van der Waals surface area contributed by atoms with Crippen LogP contribution in [0.2, 0.25) is 0 Å². The molecule has 9 rings (SSSR count). The molecule has 224 valence electrons. The second kappa shape index (κ2) is 9.38. The quantitative estimate of drug-likeness (QED) is 0.216. The van der Waals surface area contributed by atoms with E-state index >= 15 is 0 Å². The largest absolute Gasteiger partial charge is 0.256 e. The molecule has 2 fully saturated rings. The van der Waals surface area contributed by atoms with Crippen molar-refractivity contribution in [3.63, 3.8) is 0 Å². The fraction of sp³-hybridized carbons (Fsp3) is 0.476. The predicted molar refractivity (Wildman–Crippen MR) is 182 cm³/mol. The molecule has 0 N–H and O–H groups in total. The first-order valence-electron chi connectivity index (χ1n) is 17.7. The third-order valence-corrected chi connectivity index (χ3v) is 12.7. The summed E-state index contributed by atoms with van der Waals surface area (Å²) < 4.78 is 2.86. The Labute approximate surface area is 263 Å². The molecule has 5 aliphatic rings. The summed E-state index contributed by atoms with van der Waals surface area (Å²) in [5.74, 6) is 1.82. The van der Waals surface area contributed by atoms with Gasteiger partial charge in [0.25, 0.3) is 0 Å². The predicted octanol–water partition coefficient (Wildman–Crippen LogP) is 10.4. The molecule has 2 unspecified atom stereocenters. The Morgan fingerprint density at radius 2 is 1.55 bits per heavy atom. The first-order valence-corrected chi connectivity index (χ1v) is 17.7. The molecular weight excluding hydrogens is 532 g/mol. The minimum absolute atomic E-state index is 0.187. The zero-order valence-corrected chi connectivity index (χ0v) is 27.4. The van der Waals surface area contributed by atoms with Crippen molar-refractivity contribution in [1.82, 2.24) is 4.98 Å². The summed E-state index contributed by atoms with van der Waals surface area (Å²) in [6, 6.07) is 16.7. The Kier molecular flexibility index (Phi) is 5.77. The normalized spacial score (nSPS) is 26.2. The van der Waals surface area contributed by atoms with Gasteiger partial charge in [0.2, 0.25) is 11.2 Å². The molecule has 4 aliphatic carbocycles. The number of aryl methyl sites for hydroxylation is 1. The molecule has 3 heterocycles. The fourth-order valence-corrected chi connectivity index (χ4v) is 11.3. The molecule has 44 heavy (non-hydrogen) atoms. The molecule has 2 atom stereocenters. The van der Waals surface area contributed by atoms with E-state index in [9.17, 15) is 0 Å². The van der Waals surface area contributed by atoms with Crippen LogP contribution < -0.4 is 4.57 Å². The molecule has 2 aromatic heterocycles. The lowest BCUT2D eigenvalue weighted by molar-refractivity contribution is -0.737. The highest BCUT2D eigenvalue weighted by Gasteiger charge is 2.65. The molecule has 4 aromatic rings. The summed E-state index contributed by atoms with van der Waals surface area (Å²) in [6.45, 7) is 12.0. The van der Waals surface area contributed by atoms with E-state index in [-0.39, 0.29) is 11.0 Å². The number of pyridine rings is 2. The van der Waals surface area contributed by atoms with Crippen LogP contribution in [-0.4, -0.2) is 4.98 Å². The van der Waals surface area contributed by atoms with E-state index in [1.807, 2.05) is 0 Å². The van der Waals surface area contributed by atoms with Crippen LogP contribution >= 0.6 is 0 Å². The minimum atomic E-state index is -0.198. The number of aromatic nitrogens is 2. The molecule has 0 bridgehead atoms. The molecule has 0 saturated heterocycles. The van der Waals surface area contributed by atoms with Crippen molar-refractivity contribution >= 4 is 21.5 Å². The smallest absolute Gasteiger partial charge is 0.224 e. The number of hydrogen-bond donors (Lipinski definition) is 0. The Balaban J connectivity index is 1.51. The second-order valence-corrected chi connectivity index (χ2v) is 15.6. The summed E-state index contributed by atoms with van der Waals surface area (Å²) >= 11 is 0. The van der Waals surface area contributed by atoms with Gasteiger partial charge in [0.05, 0.1) is 22.6 Å². The molecule has 0 radical (unpaired) electrons. The number of benzene rings is 2. The van der Waals surface area contributed by atoms with E-state index in [0.717, 1.165) is 5.69 Å². The van der Waals surface area contributed by atoms with E-state index in [1.165, 1.54) is 108 Å². The Morgan fingerprint density at radius 1 is 0.818 bits per heavy atom. The van der Waals surface area contributed by atoms with Gasteiger partial charge in [-0.3, -0.25) is 4.98 Å². The summed E-state index contributed by atoms with van der Waals surface area (Å²) in [6.07, 6.45) is 18.8. The average molecular weight is 580 g/mol. The van der Waals surface area contributed by atoms with Gasteiger partial charge >= 0.3 is 0 Å². The lowest BCUT2D eigenvalue weighted by Crippen LogP contribution is -2.64. The molecular formula is C42H47N2+. The molecule has 2 nitrogen and oxygen atoms in total. The number of hydrogen-bond acceptors (Lipinski definition) is 1. The van der Waals surface area contributed by atoms with E-state index in [0.29, 0.717) is 17.8 Å². The second-order valence-electron chi connectivity index (χ2n) is 15.6. The lowest BCUT2D eigenvalue weighted by Gasteiger charge is -2.47. The van der Waals surface area contributed by atoms with Crippen LogP contribution in [0.5, 0.6) is 0 Å². The van der Waals surface area contributed by atoms with E-state index in [4.69, 9.17) is 4.98 Å². The molecule has 2 saturated carbocycles. The van der Waals surface area contributed by atoms with Crippen LogP contribution in [0.4, 0.5) is 0 Å².